The summed E-state index contributed by atoms with van der Waals surface area (Å²) < 4.78 is 24.0. The van der Waals surface area contributed by atoms with Crippen LogP contribution in [0.3, 0.4) is 0 Å². The van der Waals surface area contributed by atoms with Crippen molar-refractivity contribution in [3.63, 3.8) is 0 Å². The fourth-order valence-corrected chi connectivity index (χ4v) is 4.31. The lowest BCUT2D eigenvalue weighted by molar-refractivity contribution is -0.00128. The van der Waals surface area contributed by atoms with Crippen LogP contribution in [0.1, 0.15) is 44.9 Å². The van der Waals surface area contributed by atoms with Gasteiger partial charge in [0.05, 0.1) is 65.1 Å². The van der Waals surface area contributed by atoms with Gasteiger partial charge in [-0.2, -0.15) is 0 Å². The van der Waals surface area contributed by atoms with E-state index in [9.17, 15) is 0 Å². The Labute approximate surface area is 249 Å². The van der Waals surface area contributed by atoms with Crippen molar-refractivity contribution in [1.82, 2.24) is 20.3 Å². The Hall–Kier alpha value is -1.76. The fourth-order valence-electron chi connectivity index (χ4n) is 3.59. The zero-order chi connectivity index (χ0) is 29.1. The van der Waals surface area contributed by atoms with Crippen molar-refractivity contribution < 1.29 is 18.9 Å². The first-order valence-corrected chi connectivity index (χ1v) is 17.1. The minimum Gasteiger partial charge on any atom is -0.378 e. The van der Waals surface area contributed by atoms with Crippen molar-refractivity contribution in [2.45, 2.75) is 52.0 Å². The van der Waals surface area contributed by atoms with Gasteiger partial charge in [-0.1, -0.05) is 38.1 Å². The zero-order valence-corrected chi connectivity index (χ0v) is 26.8. The molecule has 0 bridgehead atoms. The molecule has 2 rings (SSSR count). The number of hydrogen-bond acceptors (Lipinski definition) is 7. The van der Waals surface area contributed by atoms with Crippen LogP contribution in [0.2, 0.25) is 0 Å². The molecule has 0 aliphatic carbocycles. The van der Waals surface area contributed by atoms with Gasteiger partial charge in [0.15, 0.2) is 5.11 Å². The van der Waals surface area contributed by atoms with E-state index in [1.165, 1.54) is 5.56 Å². The van der Waals surface area contributed by atoms with E-state index in [1.54, 1.807) is 0 Å². The molecule has 0 fully saturated rings. The summed E-state index contributed by atoms with van der Waals surface area (Å²) >= 11 is 5.42. The monoisotopic (exact) mass is 597 g/mol. The van der Waals surface area contributed by atoms with Crippen LogP contribution in [0.15, 0.2) is 30.5 Å². The molecule has 1 heterocycles. The third-order valence-electron chi connectivity index (χ3n) is 6.00. The number of unbranched alkanes of at least 4 members (excludes halogenated alkanes) is 1. The van der Waals surface area contributed by atoms with E-state index < -0.39 is 0 Å². The molecule has 40 heavy (non-hydrogen) atoms. The number of thiol groups is 1. The summed E-state index contributed by atoms with van der Waals surface area (Å²) in [7, 11) is 0.121. The molecule has 0 atom stereocenters. The van der Waals surface area contributed by atoms with Crippen LogP contribution in [-0.2, 0) is 37.3 Å². The minimum atomic E-state index is 0.121. The molecule has 0 saturated carbocycles. The molecule has 0 unspecified atom stereocenters. The van der Waals surface area contributed by atoms with Gasteiger partial charge in [-0.25, -0.2) is 4.68 Å². The van der Waals surface area contributed by atoms with E-state index in [-0.39, 0.29) is 16.3 Å². The quantitative estimate of drug-likeness (QED) is 0.111. The van der Waals surface area contributed by atoms with Crippen LogP contribution in [0, 0.1) is 0 Å². The van der Waals surface area contributed by atoms with Gasteiger partial charge < -0.3 is 29.6 Å². The Balaban J connectivity index is 1.41. The van der Waals surface area contributed by atoms with Crippen molar-refractivity contribution in [3.8, 4) is 0 Å². The third-order valence-corrected chi connectivity index (χ3v) is 7.33. The Morgan fingerprint density at radius 3 is 2.08 bits per heavy atom. The molecule has 11 heteroatoms. The Bertz CT molecular complexity index is 935. The highest BCUT2D eigenvalue weighted by Crippen LogP contribution is 2.23. The maximum Gasteiger partial charge on any atom is 0.170 e. The van der Waals surface area contributed by atoms with Crippen LogP contribution in [0.25, 0.3) is 0 Å². The molecule has 9 nitrogen and oxygen atoms in total. The van der Waals surface area contributed by atoms with Crippen molar-refractivity contribution in [2.24, 2.45) is 0 Å². The number of rotatable bonds is 21. The second-order valence-electron chi connectivity index (χ2n) is 10.9. The summed E-state index contributed by atoms with van der Waals surface area (Å²) in [5, 5.41) is 15.6. The normalized spacial score (nSPS) is 12.0. The van der Waals surface area contributed by atoms with E-state index in [4.69, 9.17) is 31.2 Å². The number of ether oxygens (including phenoxy) is 4. The van der Waals surface area contributed by atoms with Gasteiger partial charge in [-0.15, -0.1) is 5.10 Å². The average Bonchev–Trinajstić information content (AvgIpc) is 3.36. The number of thiocarbonyl (C=S) groups is 1. The fraction of sp³-hybridized carbons (Fsp3) is 0.690. The number of nitrogens with zero attached hydrogens (tertiary/aromatic N) is 3. The summed E-state index contributed by atoms with van der Waals surface area (Å²) in [6.45, 7) is 13.0. The summed E-state index contributed by atoms with van der Waals surface area (Å²) in [5.41, 5.74) is 3.44. The first kappa shape index (κ1) is 34.4. The van der Waals surface area contributed by atoms with Gasteiger partial charge in [0.1, 0.15) is 0 Å². The predicted octanol–water partition coefficient (Wildman–Crippen LogP) is 4.21. The van der Waals surface area contributed by atoms with E-state index >= 15 is 0 Å². The number of hydrogen-bond donors (Lipinski definition) is 3. The van der Waals surface area contributed by atoms with Crippen molar-refractivity contribution in [2.75, 3.05) is 83.0 Å². The number of anilines is 1. The third kappa shape index (κ3) is 16.5. The molecule has 2 N–H and O–H groups in total. The minimum absolute atomic E-state index is 0.121. The van der Waals surface area contributed by atoms with Gasteiger partial charge in [0.2, 0.25) is 0 Å². The van der Waals surface area contributed by atoms with E-state index in [2.05, 4.69) is 78.5 Å². The van der Waals surface area contributed by atoms with Crippen LogP contribution >= 0.6 is 23.1 Å². The molecule has 1 aromatic heterocycles. The van der Waals surface area contributed by atoms with Gasteiger partial charge in [-0.05, 0) is 72.9 Å². The molecule has 0 radical (unpaired) electrons. The lowest BCUT2D eigenvalue weighted by Gasteiger charge is -2.19. The molecule has 0 saturated heterocycles. The van der Waals surface area contributed by atoms with Gasteiger partial charge in [-0.3, -0.25) is 10.9 Å². The summed E-state index contributed by atoms with van der Waals surface area (Å²) in [6.07, 6.45) is 9.40. The van der Waals surface area contributed by atoms with Crippen LogP contribution in [-0.4, -0.2) is 97.8 Å². The van der Waals surface area contributed by atoms with Crippen molar-refractivity contribution >= 4 is 33.9 Å². The van der Waals surface area contributed by atoms with Crippen molar-refractivity contribution in [1.29, 1.82) is 0 Å². The smallest absolute Gasteiger partial charge is 0.170 e. The number of nitrogens with one attached hydrogen (secondary N) is 2. The van der Waals surface area contributed by atoms with Crippen LogP contribution < -0.4 is 10.6 Å². The van der Waals surface area contributed by atoms with E-state index in [0.717, 1.165) is 49.5 Å². The van der Waals surface area contributed by atoms with Crippen molar-refractivity contribution in [3.05, 3.63) is 41.7 Å². The lowest BCUT2D eigenvalue weighted by atomic mass is 9.87. The van der Waals surface area contributed by atoms with E-state index in [0.29, 0.717) is 57.9 Å². The Morgan fingerprint density at radius 2 is 1.48 bits per heavy atom. The first-order chi connectivity index (χ1) is 19.2. The summed E-state index contributed by atoms with van der Waals surface area (Å²) in [5.74, 6) is 1.15. The Kier molecular flexibility index (Phi) is 17.4. The summed E-state index contributed by atoms with van der Waals surface area (Å²) in [6, 6.07) is 8.43. The maximum atomic E-state index is 5.64. The average molecular weight is 598 g/mol. The molecular weight excluding hydrogens is 546 g/mol. The molecule has 228 valence electrons. The highest BCUT2D eigenvalue weighted by atomic mass is 32.2. The molecule has 0 spiro atoms. The van der Waals surface area contributed by atoms with Crippen LogP contribution in [0.4, 0.5) is 5.69 Å². The highest BCUT2D eigenvalue weighted by Gasteiger charge is 2.12. The maximum absolute atomic E-state index is 5.64. The van der Waals surface area contributed by atoms with E-state index in [1.807, 2.05) is 10.9 Å². The van der Waals surface area contributed by atoms with Gasteiger partial charge >= 0.3 is 0 Å². The molecule has 1 aromatic carbocycles. The second kappa shape index (κ2) is 20.2. The van der Waals surface area contributed by atoms with Gasteiger partial charge in [0, 0.05) is 18.4 Å². The largest absolute Gasteiger partial charge is 0.378 e. The predicted molar refractivity (Wildman–Crippen MR) is 171 cm³/mol. The zero-order valence-electron chi connectivity index (χ0n) is 25.1. The first-order valence-electron chi connectivity index (χ1n) is 14.2. The lowest BCUT2D eigenvalue weighted by Crippen LogP contribution is -2.29. The number of benzene rings is 1. The summed E-state index contributed by atoms with van der Waals surface area (Å²) in [4.78, 5) is 0. The van der Waals surface area contributed by atoms with Crippen LogP contribution in [0.5, 0.6) is 0 Å². The molecule has 2 aromatic rings. The highest BCUT2D eigenvalue weighted by molar-refractivity contribution is 8.15. The van der Waals surface area contributed by atoms with Gasteiger partial charge in [0.25, 0.3) is 0 Å². The standard InChI is InChI=1S/C29H51N5O4S2/c1-29(2,3)25-9-11-26(12-10-25)31-28(39)30-13-7-6-8-27-24-34(33-32-27)14-15-35-16-17-36-18-19-37-20-21-38-22-23-40(4)5/h9-12,24,40H,6-8,13-23H2,1-5H3,(H2,30,31,39). The Morgan fingerprint density at radius 1 is 0.875 bits per heavy atom. The molecule has 0 amide bonds. The molecule has 0 aliphatic rings. The topological polar surface area (TPSA) is 91.7 Å². The second-order valence-corrected chi connectivity index (χ2v) is 13.9. The number of aromatic nitrogens is 3. The molecular formula is C29H51N5O4S2. The molecule has 0 aliphatic heterocycles. The SMILES string of the molecule is C[SH](C)CCOCCOCCOCCOCCn1cc(CCCCNC(=S)Nc2ccc(C(C)(C)C)cc2)nn1. The number of aryl methyl sites for hydroxylation is 1.